The fourth-order valence-corrected chi connectivity index (χ4v) is 3.52. The van der Waals surface area contributed by atoms with Crippen LogP contribution in [0.1, 0.15) is 18.7 Å². The van der Waals surface area contributed by atoms with Gasteiger partial charge in [-0.25, -0.2) is 9.97 Å². The molecule has 0 aliphatic rings. The van der Waals surface area contributed by atoms with Crippen LogP contribution in [0.15, 0.2) is 29.4 Å². The number of para-hydroxylation sites is 1. The Morgan fingerprint density at radius 1 is 1.19 bits per heavy atom. The number of amides is 1. The van der Waals surface area contributed by atoms with Gasteiger partial charge >= 0.3 is 0 Å². The van der Waals surface area contributed by atoms with Crippen molar-refractivity contribution in [2.24, 2.45) is 0 Å². The Bertz CT molecular complexity index is 1050. The second-order valence-corrected chi connectivity index (χ2v) is 6.73. The van der Waals surface area contributed by atoms with Gasteiger partial charge in [0, 0.05) is 18.5 Å². The molecule has 136 valence electrons. The molecule has 2 heterocycles. The van der Waals surface area contributed by atoms with Gasteiger partial charge in [0.1, 0.15) is 5.82 Å². The first-order chi connectivity index (χ1) is 13.1. The molecule has 0 saturated carbocycles. The van der Waals surface area contributed by atoms with Crippen molar-refractivity contribution < 1.29 is 4.79 Å². The lowest BCUT2D eigenvalue weighted by Gasteiger charge is -2.20. The lowest BCUT2D eigenvalue weighted by molar-refractivity contribution is -0.128. The first-order valence-corrected chi connectivity index (χ1v) is 9.39. The third-order valence-electron chi connectivity index (χ3n) is 3.92. The highest BCUT2D eigenvalue weighted by Crippen LogP contribution is 2.24. The number of carbonyl (C=O) groups is 1. The van der Waals surface area contributed by atoms with Crippen LogP contribution >= 0.6 is 11.8 Å². The Kier molecular flexibility index (Phi) is 5.84. The minimum Gasteiger partial charge on any atom is -0.340 e. The third-order valence-corrected chi connectivity index (χ3v) is 4.83. The van der Waals surface area contributed by atoms with E-state index in [9.17, 15) is 4.79 Å². The molecule has 0 radical (unpaired) electrons. The number of aromatic nitrogens is 4. The molecule has 1 aromatic carbocycles. The number of hydrogen-bond donors (Lipinski definition) is 0. The van der Waals surface area contributed by atoms with E-state index in [4.69, 9.17) is 10.5 Å². The van der Waals surface area contributed by atoms with E-state index in [1.54, 1.807) is 9.42 Å². The fraction of sp³-hybridized carbons (Fsp3) is 0.333. The van der Waals surface area contributed by atoms with Crippen molar-refractivity contribution in [2.75, 3.05) is 18.8 Å². The van der Waals surface area contributed by atoms with Crippen molar-refractivity contribution in [1.29, 1.82) is 10.5 Å². The highest BCUT2D eigenvalue weighted by Gasteiger charge is 2.17. The molecule has 0 atom stereocenters. The summed E-state index contributed by atoms with van der Waals surface area (Å²) in [6, 6.07) is 11.7. The maximum atomic E-state index is 12.5. The van der Waals surface area contributed by atoms with E-state index < -0.39 is 0 Å². The quantitative estimate of drug-likeness (QED) is 0.457. The highest BCUT2D eigenvalue weighted by molar-refractivity contribution is 7.99. The molecule has 0 spiro atoms. The smallest absolute Gasteiger partial charge is 0.233 e. The molecule has 0 saturated heterocycles. The molecule has 3 rings (SSSR count). The zero-order valence-corrected chi connectivity index (χ0v) is 15.6. The number of fused-ring (bicyclic) bond motifs is 3. The van der Waals surface area contributed by atoms with Crippen molar-refractivity contribution in [3.63, 3.8) is 0 Å². The molecule has 0 aliphatic heterocycles. The van der Waals surface area contributed by atoms with Crippen molar-refractivity contribution in [2.45, 2.75) is 24.9 Å². The summed E-state index contributed by atoms with van der Waals surface area (Å²) in [7, 11) is 0. The second kappa shape index (κ2) is 8.47. The molecule has 27 heavy (non-hydrogen) atoms. The summed E-state index contributed by atoms with van der Waals surface area (Å²) in [6.07, 6.45) is 0.477. The van der Waals surface area contributed by atoms with Crippen LogP contribution in [0.5, 0.6) is 0 Å². The summed E-state index contributed by atoms with van der Waals surface area (Å²) in [4.78, 5) is 23.2. The molecule has 2 aromatic heterocycles. The van der Waals surface area contributed by atoms with Gasteiger partial charge in [0.25, 0.3) is 0 Å². The summed E-state index contributed by atoms with van der Waals surface area (Å²) in [5.41, 5.74) is 1.50. The number of hydrogen-bond acceptors (Lipinski definition) is 7. The molecule has 9 heteroatoms. The molecule has 8 nitrogen and oxygen atoms in total. The first kappa shape index (κ1) is 18.6. The first-order valence-electron chi connectivity index (χ1n) is 8.40. The summed E-state index contributed by atoms with van der Waals surface area (Å²) in [6.45, 7) is 2.45. The predicted molar refractivity (Wildman–Crippen MR) is 101 cm³/mol. The van der Waals surface area contributed by atoms with E-state index in [0.29, 0.717) is 29.7 Å². The van der Waals surface area contributed by atoms with Gasteiger partial charge in [-0.1, -0.05) is 23.9 Å². The predicted octanol–water partition coefficient (Wildman–Crippen LogP) is 2.33. The molecular weight excluding hydrogens is 362 g/mol. The van der Waals surface area contributed by atoms with E-state index in [2.05, 4.69) is 15.1 Å². The van der Waals surface area contributed by atoms with Crippen LogP contribution in [-0.2, 0) is 4.79 Å². The summed E-state index contributed by atoms with van der Waals surface area (Å²) < 4.78 is 1.66. The molecule has 3 aromatic rings. The van der Waals surface area contributed by atoms with Gasteiger partial charge in [0.2, 0.25) is 5.91 Å². The van der Waals surface area contributed by atoms with Gasteiger partial charge in [0.15, 0.2) is 10.8 Å². The highest BCUT2D eigenvalue weighted by atomic mass is 32.2. The molecule has 0 N–H and O–H groups in total. The fourth-order valence-electron chi connectivity index (χ4n) is 2.68. The molecule has 0 bridgehead atoms. The molecule has 0 aliphatic carbocycles. The Morgan fingerprint density at radius 2 is 1.89 bits per heavy atom. The topological polar surface area (TPSA) is 111 Å². The largest absolute Gasteiger partial charge is 0.340 e. The Hall–Kier alpha value is -3.17. The van der Waals surface area contributed by atoms with Crippen LogP contribution in [0.25, 0.3) is 16.6 Å². The third kappa shape index (κ3) is 4.15. The average Bonchev–Trinajstić information content (AvgIpc) is 3.08. The second-order valence-electron chi connectivity index (χ2n) is 5.79. The molecule has 0 unspecified atom stereocenters. The van der Waals surface area contributed by atoms with Gasteiger partial charge in [-0.3, -0.25) is 4.79 Å². The van der Waals surface area contributed by atoms with Gasteiger partial charge in [0.05, 0.1) is 36.2 Å². The Balaban J connectivity index is 1.84. The lowest BCUT2D eigenvalue weighted by Crippen LogP contribution is -2.34. The molecule has 1 amide bonds. The average molecular weight is 379 g/mol. The standard InChI is InChI=1S/C18H17N7OS/c1-13-21-17-14-6-2-3-7-15(14)22-18(25(17)23-13)27-12-16(26)24(10-4-8-19)11-5-9-20/h2-3,6-7H,4-5,10-12H2,1H3. The van der Waals surface area contributed by atoms with Gasteiger partial charge in [-0.15, -0.1) is 5.10 Å². The van der Waals surface area contributed by atoms with Crippen LogP contribution in [-0.4, -0.2) is 49.2 Å². The van der Waals surface area contributed by atoms with Crippen molar-refractivity contribution in [1.82, 2.24) is 24.5 Å². The Labute approximate surface area is 160 Å². The summed E-state index contributed by atoms with van der Waals surface area (Å²) >= 11 is 1.27. The maximum absolute atomic E-state index is 12.5. The molecular formula is C18H17N7OS. The van der Waals surface area contributed by atoms with Crippen LogP contribution in [0, 0.1) is 29.6 Å². The number of benzene rings is 1. The van der Waals surface area contributed by atoms with Crippen molar-refractivity contribution in [3.8, 4) is 12.1 Å². The zero-order valence-electron chi connectivity index (χ0n) is 14.8. The van der Waals surface area contributed by atoms with Gasteiger partial charge in [-0.2, -0.15) is 15.0 Å². The van der Waals surface area contributed by atoms with E-state index in [0.717, 1.165) is 10.9 Å². The monoisotopic (exact) mass is 379 g/mol. The van der Waals surface area contributed by atoms with Gasteiger partial charge < -0.3 is 4.90 Å². The number of rotatable bonds is 7. The van der Waals surface area contributed by atoms with Crippen LogP contribution < -0.4 is 0 Å². The van der Waals surface area contributed by atoms with E-state index in [-0.39, 0.29) is 24.5 Å². The number of nitriles is 2. The summed E-state index contributed by atoms with van der Waals surface area (Å²) in [5, 5.41) is 23.4. The van der Waals surface area contributed by atoms with Crippen LogP contribution in [0.3, 0.4) is 0 Å². The Morgan fingerprint density at radius 3 is 2.59 bits per heavy atom. The molecule has 0 fully saturated rings. The van der Waals surface area contributed by atoms with Crippen molar-refractivity contribution in [3.05, 3.63) is 30.1 Å². The number of carbonyl (C=O) groups excluding carboxylic acids is 1. The number of aryl methyl sites for hydroxylation is 1. The zero-order chi connectivity index (χ0) is 19.2. The minimum atomic E-state index is -0.134. The van der Waals surface area contributed by atoms with E-state index in [1.165, 1.54) is 11.8 Å². The summed E-state index contributed by atoms with van der Waals surface area (Å²) in [5.74, 6) is 0.646. The number of nitrogens with zero attached hydrogens (tertiary/aromatic N) is 7. The lowest BCUT2D eigenvalue weighted by atomic mass is 10.2. The van der Waals surface area contributed by atoms with Crippen molar-refractivity contribution >= 4 is 34.2 Å². The van der Waals surface area contributed by atoms with Crippen LogP contribution in [0.2, 0.25) is 0 Å². The number of thioether (sulfide) groups is 1. The maximum Gasteiger partial charge on any atom is 0.233 e. The van der Waals surface area contributed by atoms with E-state index in [1.807, 2.05) is 43.3 Å². The van der Waals surface area contributed by atoms with Gasteiger partial charge in [-0.05, 0) is 19.1 Å². The van der Waals surface area contributed by atoms with E-state index >= 15 is 0 Å². The SMILES string of the molecule is Cc1nc2c3ccccc3nc(SCC(=O)N(CCC#N)CCC#N)n2n1. The van der Waals surface area contributed by atoms with Crippen LogP contribution in [0.4, 0.5) is 0 Å². The normalized spacial score (nSPS) is 10.6. The minimum absolute atomic E-state index is 0.134.